The summed E-state index contributed by atoms with van der Waals surface area (Å²) in [7, 11) is 0. The van der Waals surface area contributed by atoms with Crippen LogP contribution in [-0.4, -0.2) is 37.8 Å². The van der Waals surface area contributed by atoms with Crippen molar-refractivity contribution in [2.75, 3.05) is 17.2 Å². The summed E-state index contributed by atoms with van der Waals surface area (Å²) in [6.07, 6.45) is 5.93. The number of nitrogens with one attached hydrogen (secondary N) is 3. The number of carbonyl (C=O) groups excluding carboxylic acids is 1. The van der Waals surface area contributed by atoms with Gasteiger partial charge in [0.1, 0.15) is 17.5 Å². The summed E-state index contributed by atoms with van der Waals surface area (Å²) in [5.41, 5.74) is 0.348. The van der Waals surface area contributed by atoms with E-state index in [1.165, 1.54) is 12.3 Å². The second-order valence-electron chi connectivity index (χ2n) is 6.55. The fraction of sp³-hybridized carbons (Fsp3) is 0.278. The molecule has 3 N–H and O–H groups in total. The van der Waals surface area contributed by atoms with Crippen molar-refractivity contribution in [3.63, 3.8) is 0 Å². The third kappa shape index (κ3) is 3.48. The van der Waals surface area contributed by atoms with Crippen LogP contribution in [0.2, 0.25) is 0 Å². The standard InChI is InChI=1S/C18H18FN7O/c19-12-3-1-9-20-16(12)18(7-2-8-18)11-21-14-5-4-13(24-26-14)17(27)23-15-6-10-22-25-15/h1,3-6,9-10H,2,7-8,11H2,(H,21,26)(H2,22,23,25,27). The molecule has 8 nitrogen and oxygen atoms in total. The molecule has 3 aromatic heterocycles. The topological polar surface area (TPSA) is 108 Å². The molecule has 9 heteroatoms. The minimum absolute atomic E-state index is 0.185. The number of halogens is 1. The van der Waals surface area contributed by atoms with Gasteiger partial charge in [-0.1, -0.05) is 6.42 Å². The number of H-pyrrole nitrogens is 1. The summed E-state index contributed by atoms with van der Waals surface area (Å²) in [5.74, 6) is 0.337. The minimum Gasteiger partial charge on any atom is -0.368 e. The fourth-order valence-electron chi connectivity index (χ4n) is 3.20. The molecule has 0 aliphatic heterocycles. The van der Waals surface area contributed by atoms with Crippen molar-refractivity contribution < 1.29 is 9.18 Å². The van der Waals surface area contributed by atoms with Crippen molar-refractivity contribution in [3.05, 3.63) is 59.9 Å². The van der Waals surface area contributed by atoms with Crippen molar-refractivity contribution in [1.82, 2.24) is 25.4 Å². The maximum absolute atomic E-state index is 14.2. The average Bonchev–Trinajstić information content (AvgIpc) is 3.15. The molecule has 0 bridgehead atoms. The van der Waals surface area contributed by atoms with E-state index in [1.807, 2.05) is 0 Å². The van der Waals surface area contributed by atoms with Gasteiger partial charge in [0.25, 0.3) is 5.91 Å². The van der Waals surface area contributed by atoms with E-state index in [-0.39, 0.29) is 22.8 Å². The number of amides is 1. The van der Waals surface area contributed by atoms with Crippen molar-refractivity contribution in [1.29, 1.82) is 0 Å². The highest BCUT2D eigenvalue weighted by molar-refractivity contribution is 6.02. The number of aromatic amines is 1. The number of rotatable bonds is 6. The fourth-order valence-corrected chi connectivity index (χ4v) is 3.20. The summed E-state index contributed by atoms with van der Waals surface area (Å²) < 4.78 is 14.2. The van der Waals surface area contributed by atoms with E-state index >= 15 is 0 Å². The van der Waals surface area contributed by atoms with E-state index in [9.17, 15) is 9.18 Å². The molecule has 1 aliphatic rings. The second-order valence-corrected chi connectivity index (χ2v) is 6.55. The van der Waals surface area contributed by atoms with E-state index in [0.29, 0.717) is 23.9 Å². The zero-order valence-corrected chi connectivity index (χ0v) is 14.4. The highest BCUT2D eigenvalue weighted by atomic mass is 19.1. The van der Waals surface area contributed by atoms with Crippen LogP contribution in [-0.2, 0) is 5.41 Å². The number of carbonyl (C=O) groups is 1. The molecule has 27 heavy (non-hydrogen) atoms. The minimum atomic E-state index is -0.385. The third-order valence-corrected chi connectivity index (χ3v) is 4.83. The molecule has 4 rings (SSSR count). The number of nitrogens with zero attached hydrogens (tertiary/aromatic N) is 4. The predicted molar refractivity (Wildman–Crippen MR) is 96.8 cm³/mol. The second kappa shape index (κ2) is 7.10. The molecule has 0 radical (unpaired) electrons. The highest BCUT2D eigenvalue weighted by Crippen LogP contribution is 2.43. The zero-order valence-electron chi connectivity index (χ0n) is 14.4. The Morgan fingerprint density at radius 1 is 1.19 bits per heavy atom. The lowest BCUT2D eigenvalue weighted by atomic mass is 9.66. The van der Waals surface area contributed by atoms with Crippen LogP contribution in [0.5, 0.6) is 0 Å². The normalized spacial score (nSPS) is 15.0. The van der Waals surface area contributed by atoms with Crippen LogP contribution in [0.25, 0.3) is 0 Å². The Kier molecular flexibility index (Phi) is 4.49. The van der Waals surface area contributed by atoms with Gasteiger partial charge in [0, 0.05) is 24.2 Å². The first kappa shape index (κ1) is 17.1. The first-order chi connectivity index (χ1) is 13.2. The Balaban J connectivity index is 1.41. The van der Waals surface area contributed by atoms with Crippen LogP contribution in [0.15, 0.2) is 42.7 Å². The van der Waals surface area contributed by atoms with Crippen LogP contribution < -0.4 is 10.6 Å². The molecular formula is C18H18FN7O. The van der Waals surface area contributed by atoms with E-state index in [0.717, 1.165) is 19.3 Å². The van der Waals surface area contributed by atoms with Crippen LogP contribution in [0.3, 0.4) is 0 Å². The quantitative estimate of drug-likeness (QED) is 0.618. The molecule has 1 fully saturated rings. The summed E-state index contributed by atoms with van der Waals surface area (Å²) in [4.78, 5) is 16.3. The number of hydrogen-bond acceptors (Lipinski definition) is 6. The molecule has 0 atom stereocenters. The van der Waals surface area contributed by atoms with E-state index in [2.05, 4.69) is 36.0 Å². The summed E-state index contributed by atoms with van der Waals surface area (Å²) in [6.45, 7) is 0.509. The molecule has 1 saturated carbocycles. The maximum atomic E-state index is 14.2. The van der Waals surface area contributed by atoms with Crippen LogP contribution in [0, 0.1) is 5.82 Å². The van der Waals surface area contributed by atoms with Crippen molar-refractivity contribution in [2.24, 2.45) is 0 Å². The van der Waals surface area contributed by atoms with Crippen LogP contribution in [0.1, 0.15) is 35.4 Å². The zero-order chi connectivity index (χ0) is 18.7. The maximum Gasteiger partial charge on any atom is 0.277 e. The van der Waals surface area contributed by atoms with Gasteiger partial charge in [0.15, 0.2) is 5.69 Å². The first-order valence-corrected chi connectivity index (χ1v) is 8.66. The van der Waals surface area contributed by atoms with Gasteiger partial charge < -0.3 is 10.6 Å². The third-order valence-electron chi connectivity index (χ3n) is 4.83. The molecule has 1 aliphatic carbocycles. The van der Waals surface area contributed by atoms with Gasteiger partial charge in [-0.15, -0.1) is 10.2 Å². The van der Waals surface area contributed by atoms with Gasteiger partial charge in [0.05, 0.1) is 11.9 Å². The number of pyridine rings is 1. The molecule has 138 valence electrons. The number of aromatic nitrogens is 5. The largest absolute Gasteiger partial charge is 0.368 e. The molecule has 0 unspecified atom stereocenters. The Hall–Kier alpha value is -3.36. The van der Waals surface area contributed by atoms with Crippen LogP contribution >= 0.6 is 0 Å². The number of hydrogen-bond donors (Lipinski definition) is 3. The first-order valence-electron chi connectivity index (χ1n) is 8.66. The monoisotopic (exact) mass is 367 g/mol. The molecule has 0 aromatic carbocycles. The van der Waals surface area contributed by atoms with Gasteiger partial charge in [0.2, 0.25) is 0 Å². The van der Waals surface area contributed by atoms with Crippen molar-refractivity contribution >= 4 is 17.5 Å². The van der Waals surface area contributed by atoms with Gasteiger partial charge in [-0.25, -0.2) is 4.39 Å². The van der Waals surface area contributed by atoms with E-state index < -0.39 is 0 Å². The number of anilines is 2. The van der Waals surface area contributed by atoms with E-state index in [4.69, 9.17) is 0 Å². The summed E-state index contributed by atoms with van der Waals surface area (Å²) in [6, 6.07) is 7.92. The Bertz CT molecular complexity index is 923. The molecule has 3 aromatic rings. The predicted octanol–water partition coefficient (Wildman–Crippen LogP) is 2.52. The molecular weight excluding hydrogens is 349 g/mol. The lowest BCUT2D eigenvalue weighted by molar-refractivity contribution is 0.102. The van der Waals surface area contributed by atoms with Gasteiger partial charge in [-0.2, -0.15) is 5.10 Å². The van der Waals surface area contributed by atoms with Gasteiger partial charge in [-0.05, 0) is 37.1 Å². The SMILES string of the molecule is O=C(Nc1ccn[nH]1)c1ccc(NCC2(c3ncccc3F)CCC2)nn1. The lowest BCUT2D eigenvalue weighted by Gasteiger charge is -2.41. The Labute approximate surface area is 154 Å². The van der Waals surface area contributed by atoms with Crippen molar-refractivity contribution in [3.8, 4) is 0 Å². The Morgan fingerprint density at radius 2 is 2.07 bits per heavy atom. The smallest absolute Gasteiger partial charge is 0.277 e. The van der Waals surface area contributed by atoms with E-state index in [1.54, 1.807) is 30.5 Å². The van der Waals surface area contributed by atoms with Crippen molar-refractivity contribution in [2.45, 2.75) is 24.7 Å². The van der Waals surface area contributed by atoms with Crippen LogP contribution in [0.4, 0.5) is 16.0 Å². The lowest BCUT2D eigenvalue weighted by Crippen LogP contribution is -2.42. The van der Waals surface area contributed by atoms with Gasteiger partial charge >= 0.3 is 0 Å². The summed E-state index contributed by atoms with van der Waals surface area (Å²) >= 11 is 0. The Morgan fingerprint density at radius 3 is 2.70 bits per heavy atom. The van der Waals surface area contributed by atoms with Gasteiger partial charge in [-0.3, -0.25) is 14.9 Å². The average molecular weight is 367 g/mol. The molecule has 0 spiro atoms. The molecule has 0 saturated heterocycles. The molecule has 3 heterocycles. The molecule has 1 amide bonds. The summed E-state index contributed by atoms with van der Waals surface area (Å²) in [5, 5.41) is 20.2. The highest BCUT2D eigenvalue weighted by Gasteiger charge is 2.41.